The molecule has 0 saturated carbocycles. The molecule has 7 heteroatoms. The average molecular weight is 393 g/mol. The smallest absolute Gasteiger partial charge is 0.339 e. The summed E-state index contributed by atoms with van der Waals surface area (Å²) in [6.45, 7) is 2.73. The number of carbonyl (C=O) groups excluding carboxylic acids is 2. The first-order chi connectivity index (χ1) is 14.0. The normalized spacial score (nSPS) is 10.6. The van der Waals surface area contributed by atoms with Crippen molar-refractivity contribution in [2.45, 2.75) is 19.9 Å². The van der Waals surface area contributed by atoms with Crippen LogP contribution in [0.5, 0.6) is 0 Å². The molecule has 2 amide bonds. The standard InChI is InChI=1S/C22H23N3O4/c1-3-12-25(14-15-13-20(26)23-18-10-6-4-8-16(15)18)22(28)24-19-11-7-5-9-17(19)21(27)29-2/h4-11,13H,3,12,14H2,1-2H3,(H,23,26)(H,24,28). The zero-order valence-electron chi connectivity index (χ0n) is 16.4. The molecule has 0 unspecified atom stereocenters. The summed E-state index contributed by atoms with van der Waals surface area (Å²) in [7, 11) is 1.29. The van der Waals surface area contributed by atoms with Crippen molar-refractivity contribution in [1.29, 1.82) is 0 Å². The molecule has 2 N–H and O–H groups in total. The number of fused-ring (bicyclic) bond motifs is 1. The van der Waals surface area contributed by atoms with E-state index in [1.165, 1.54) is 13.2 Å². The van der Waals surface area contributed by atoms with Crippen molar-refractivity contribution >= 4 is 28.6 Å². The van der Waals surface area contributed by atoms with Crippen LogP contribution in [0, 0.1) is 0 Å². The molecule has 29 heavy (non-hydrogen) atoms. The summed E-state index contributed by atoms with van der Waals surface area (Å²) >= 11 is 0. The maximum Gasteiger partial charge on any atom is 0.339 e. The molecule has 0 radical (unpaired) electrons. The minimum atomic E-state index is -0.525. The third-order valence-corrected chi connectivity index (χ3v) is 4.55. The molecule has 0 fully saturated rings. The number of nitrogens with one attached hydrogen (secondary N) is 2. The number of methoxy groups -OCH3 is 1. The third-order valence-electron chi connectivity index (χ3n) is 4.55. The van der Waals surface area contributed by atoms with E-state index >= 15 is 0 Å². The summed E-state index contributed by atoms with van der Waals surface area (Å²) in [5.74, 6) is -0.525. The molecule has 3 rings (SSSR count). The van der Waals surface area contributed by atoms with Crippen LogP contribution in [0.15, 0.2) is 59.4 Å². The molecular weight excluding hydrogens is 370 g/mol. The topological polar surface area (TPSA) is 91.5 Å². The van der Waals surface area contributed by atoms with E-state index in [0.29, 0.717) is 12.2 Å². The van der Waals surface area contributed by atoms with Gasteiger partial charge in [-0.25, -0.2) is 9.59 Å². The van der Waals surface area contributed by atoms with Crippen LogP contribution in [-0.4, -0.2) is 35.5 Å². The Morgan fingerprint density at radius 2 is 1.83 bits per heavy atom. The first-order valence-corrected chi connectivity index (χ1v) is 9.37. The average Bonchev–Trinajstić information content (AvgIpc) is 2.73. The van der Waals surface area contributed by atoms with E-state index in [4.69, 9.17) is 4.74 Å². The van der Waals surface area contributed by atoms with Crippen molar-refractivity contribution in [1.82, 2.24) is 9.88 Å². The van der Waals surface area contributed by atoms with Crippen molar-refractivity contribution < 1.29 is 14.3 Å². The summed E-state index contributed by atoms with van der Waals surface area (Å²) in [6.07, 6.45) is 0.743. The molecule has 0 aliphatic rings. The molecule has 0 atom stereocenters. The Labute approximate surface area is 168 Å². The van der Waals surface area contributed by atoms with E-state index in [2.05, 4.69) is 10.3 Å². The number of anilines is 1. The second kappa shape index (κ2) is 9.05. The van der Waals surface area contributed by atoms with Gasteiger partial charge >= 0.3 is 12.0 Å². The van der Waals surface area contributed by atoms with Crippen LogP contribution in [0.2, 0.25) is 0 Å². The minimum Gasteiger partial charge on any atom is -0.465 e. The Hall–Kier alpha value is -3.61. The van der Waals surface area contributed by atoms with Gasteiger partial charge in [0.1, 0.15) is 0 Å². The Balaban J connectivity index is 1.89. The summed E-state index contributed by atoms with van der Waals surface area (Å²) in [5.41, 5.74) is 1.92. The molecule has 150 valence electrons. The lowest BCUT2D eigenvalue weighted by molar-refractivity contribution is 0.0602. The number of rotatable bonds is 6. The van der Waals surface area contributed by atoms with Crippen LogP contribution in [0.25, 0.3) is 10.9 Å². The van der Waals surface area contributed by atoms with Crippen molar-refractivity contribution in [3.8, 4) is 0 Å². The van der Waals surface area contributed by atoms with Gasteiger partial charge in [-0.2, -0.15) is 0 Å². The fraction of sp³-hybridized carbons (Fsp3) is 0.227. The third kappa shape index (κ3) is 4.63. The van der Waals surface area contributed by atoms with E-state index in [-0.39, 0.29) is 23.7 Å². The van der Waals surface area contributed by atoms with Gasteiger partial charge < -0.3 is 19.9 Å². The van der Waals surface area contributed by atoms with Crippen LogP contribution in [0.1, 0.15) is 29.3 Å². The summed E-state index contributed by atoms with van der Waals surface area (Å²) in [4.78, 5) is 41.4. The number of hydrogen-bond acceptors (Lipinski definition) is 4. The van der Waals surface area contributed by atoms with Gasteiger partial charge in [0, 0.05) is 30.1 Å². The van der Waals surface area contributed by atoms with Gasteiger partial charge in [0.25, 0.3) is 0 Å². The molecule has 7 nitrogen and oxygen atoms in total. The van der Waals surface area contributed by atoms with E-state index in [1.807, 2.05) is 31.2 Å². The number of H-pyrrole nitrogens is 1. The molecule has 1 aromatic heterocycles. The van der Waals surface area contributed by atoms with E-state index in [9.17, 15) is 14.4 Å². The van der Waals surface area contributed by atoms with Gasteiger partial charge in [0.05, 0.1) is 18.4 Å². The summed E-state index contributed by atoms with van der Waals surface area (Å²) < 4.78 is 4.78. The molecule has 0 aliphatic heterocycles. The lowest BCUT2D eigenvalue weighted by Gasteiger charge is -2.24. The minimum absolute atomic E-state index is 0.216. The van der Waals surface area contributed by atoms with Crippen molar-refractivity contribution in [2.24, 2.45) is 0 Å². The molecule has 0 aliphatic carbocycles. The van der Waals surface area contributed by atoms with Gasteiger partial charge in [-0.15, -0.1) is 0 Å². The number of esters is 1. The van der Waals surface area contributed by atoms with Crippen LogP contribution in [-0.2, 0) is 11.3 Å². The number of urea groups is 1. The monoisotopic (exact) mass is 393 g/mol. The number of benzene rings is 2. The summed E-state index contributed by atoms with van der Waals surface area (Å²) in [5, 5.41) is 3.68. The van der Waals surface area contributed by atoms with Crippen LogP contribution >= 0.6 is 0 Å². The Morgan fingerprint density at radius 3 is 2.59 bits per heavy atom. The lowest BCUT2D eigenvalue weighted by atomic mass is 10.1. The van der Waals surface area contributed by atoms with E-state index in [1.54, 1.807) is 29.2 Å². The summed E-state index contributed by atoms with van der Waals surface area (Å²) in [6, 6.07) is 15.3. The van der Waals surface area contributed by atoms with Crippen LogP contribution < -0.4 is 10.9 Å². The number of aromatic amines is 1. The van der Waals surface area contributed by atoms with Crippen molar-refractivity contribution in [3.05, 3.63) is 76.1 Å². The highest BCUT2D eigenvalue weighted by Crippen LogP contribution is 2.19. The first-order valence-electron chi connectivity index (χ1n) is 9.37. The Kier molecular flexibility index (Phi) is 6.29. The highest BCUT2D eigenvalue weighted by molar-refractivity contribution is 6.00. The lowest BCUT2D eigenvalue weighted by Crippen LogP contribution is -2.35. The highest BCUT2D eigenvalue weighted by atomic mass is 16.5. The predicted octanol–water partition coefficient (Wildman–Crippen LogP) is 3.76. The van der Waals surface area contributed by atoms with E-state index < -0.39 is 5.97 Å². The Bertz CT molecular complexity index is 1090. The first kappa shape index (κ1) is 20.1. The van der Waals surface area contributed by atoms with Crippen molar-refractivity contribution in [2.75, 3.05) is 19.0 Å². The molecule has 2 aromatic carbocycles. The molecular formula is C22H23N3O4. The number of carbonyl (C=O) groups is 2. The van der Waals surface area contributed by atoms with Gasteiger partial charge in [-0.05, 0) is 30.2 Å². The zero-order chi connectivity index (χ0) is 20.8. The second-order valence-electron chi connectivity index (χ2n) is 6.59. The highest BCUT2D eigenvalue weighted by Gasteiger charge is 2.18. The largest absolute Gasteiger partial charge is 0.465 e. The van der Waals surface area contributed by atoms with Gasteiger partial charge in [0.2, 0.25) is 5.56 Å². The molecule has 0 bridgehead atoms. The quantitative estimate of drug-likeness (QED) is 0.624. The number of hydrogen-bond donors (Lipinski definition) is 2. The van der Waals surface area contributed by atoms with Crippen LogP contribution in [0.4, 0.5) is 10.5 Å². The molecule has 1 heterocycles. The number of amides is 2. The predicted molar refractivity (Wildman–Crippen MR) is 112 cm³/mol. The van der Waals surface area contributed by atoms with Crippen molar-refractivity contribution in [3.63, 3.8) is 0 Å². The molecule has 0 saturated heterocycles. The fourth-order valence-corrected chi connectivity index (χ4v) is 3.21. The maximum absolute atomic E-state index is 13.0. The van der Waals surface area contributed by atoms with Crippen LogP contribution in [0.3, 0.4) is 0 Å². The zero-order valence-corrected chi connectivity index (χ0v) is 16.4. The number of ether oxygens (including phenoxy) is 1. The Morgan fingerprint density at radius 1 is 1.10 bits per heavy atom. The van der Waals surface area contributed by atoms with E-state index in [0.717, 1.165) is 22.9 Å². The van der Waals surface area contributed by atoms with Gasteiger partial charge in [0.15, 0.2) is 0 Å². The maximum atomic E-state index is 13.0. The fourth-order valence-electron chi connectivity index (χ4n) is 3.21. The molecule has 0 spiro atoms. The SMILES string of the molecule is CCCN(Cc1cc(=O)[nH]c2ccccc12)C(=O)Nc1ccccc1C(=O)OC. The molecule has 3 aromatic rings. The second-order valence-corrected chi connectivity index (χ2v) is 6.59. The number of para-hydroxylation sites is 2. The number of nitrogens with zero attached hydrogens (tertiary/aromatic N) is 1. The van der Waals surface area contributed by atoms with Gasteiger partial charge in [-0.3, -0.25) is 4.79 Å². The number of aromatic nitrogens is 1. The number of pyridine rings is 1. The van der Waals surface area contributed by atoms with Gasteiger partial charge in [-0.1, -0.05) is 37.3 Å².